The van der Waals surface area contributed by atoms with Crippen LogP contribution in [0.5, 0.6) is 11.5 Å². The summed E-state index contributed by atoms with van der Waals surface area (Å²) in [6.45, 7) is 0.274. The first-order valence-electron chi connectivity index (χ1n) is 7.90. The van der Waals surface area contributed by atoms with Crippen LogP contribution in [0.1, 0.15) is 15.9 Å². The van der Waals surface area contributed by atoms with Crippen LogP contribution in [0, 0.1) is 0 Å². The number of hydrogen-bond donors (Lipinski definition) is 0. The van der Waals surface area contributed by atoms with E-state index in [0.29, 0.717) is 17.7 Å². The minimum atomic E-state index is -0.914. The standard InChI is InChI=1S/C19H18O6/c1-22-14-6-8-15(9-7-14)23-10-11-24-19(21)17-12-13-4-2-3-5-16(13)18(20)25-17/h2-9,17H,10-12H2,1H3. The lowest BCUT2D eigenvalue weighted by atomic mass is 9.99. The number of ether oxygens (including phenoxy) is 4. The van der Waals surface area contributed by atoms with E-state index in [9.17, 15) is 9.59 Å². The normalized spacial score (nSPS) is 15.7. The van der Waals surface area contributed by atoms with Gasteiger partial charge in [0, 0.05) is 6.42 Å². The van der Waals surface area contributed by atoms with E-state index in [1.54, 1.807) is 43.5 Å². The second kappa shape index (κ2) is 7.70. The first-order valence-corrected chi connectivity index (χ1v) is 7.90. The van der Waals surface area contributed by atoms with E-state index in [4.69, 9.17) is 18.9 Å². The maximum atomic E-state index is 12.1. The van der Waals surface area contributed by atoms with Crippen molar-refractivity contribution >= 4 is 11.9 Å². The number of fused-ring (bicyclic) bond motifs is 1. The fraction of sp³-hybridized carbons (Fsp3) is 0.263. The number of carbonyl (C=O) groups excluding carboxylic acids is 2. The molecule has 0 N–H and O–H groups in total. The Morgan fingerprint density at radius 3 is 2.56 bits per heavy atom. The lowest BCUT2D eigenvalue weighted by Gasteiger charge is -2.23. The zero-order chi connectivity index (χ0) is 17.6. The molecule has 0 aliphatic carbocycles. The summed E-state index contributed by atoms with van der Waals surface area (Å²) in [5.74, 6) is 0.313. The Balaban J connectivity index is 1.46. The largest absolute Gasteiger partial charge is 0.497 e. The average molecular weight is 342 g/mol. The molecule has 3 rings (SSSR count). The van der Waals surface area contributed by atoms with E-state index in [1.807, 2.05) is 12.1 Å². The molecular formula is C19H18O6. The maximum Gasteiger partial charge on any atom is 0.347 e. The number of esters is 2. The Bertz CT molecular complexity index is 753. The number of rotatable bonds is 6. The molecule has 0 amide bonds. The summed E-state index contributed by atoms with van der Waals surface area (Å²) in [5.41, 5.74) is 1.28. The molecule has 1 aliphatic heterocycles. The van der Waals surface area contributed by atoms with Crippen LogP contribution in [0.15, 0.2) is 48.5 Å². The molecule has 2 aromatic carbocycles. The molecule has 1 heterocycles. The summed E-state index contributed by atoms with van der Waals surface area (Å²) in [7, 11) is 1.59. The van der Waals surface area contributed by atoms with Crippen molar-refractivity contribution in [2.45, 2.75) is 12.5 Å². The molecular weight excluding hydrogens is 324 g/mol. The van der Waals surface area contributed by atoms with Gasteiger partial charge in [-0.3, -0.25) is 0 Å². The lowest BCUT2D eigenvalue weighted by Crippen LogP contribution is -2.36. The summed E-state index contributed by atoms with van der Waals surface area (Å²) in [4.78, 5) is 24.0. The van der Waals surface area contributed by atoms with Crippen LogP contribution in [-0.2, 0) is 20.7 Å². The summed E-state index contributed by atoms with van der Waals surface area (Å²) in [6, 6.07) is 14.2. The van der Waals surface area contributed by atoms with E-state index < -0.39 is 18.0 Å². The molecule has 0 saturated heterocycles. The van der Waals surface area contributed by atoms with Crippen LogP contribution in [0.2, 0.25) is 0 Å². The molecule has 6 heteroatoms. The highest BCUT2D eigenvalue weighted by Crippen LogP contribution is 2.21. The van der Waals surface area contributed by atoms with Crippen molar-refractivity contribution in [3.8, 4) is 11.5 Å². The zero-order valence-corrected chi connectivity index (χ0v) is 13.8. The molecule has 1 atom stereocenters. The van der Waals surface area contributed by atoms with Gasteiger partial charge in [0.2, 0.25) is 6.10 Å². The molecule has 0 spiro atoms. The van der Waals surface area contributed by atoms with Crippen molar-refractivity contribution in [2.75, 3.05) is 20.3 Å². The predicted octanol–water partition coefficient (Wildman–Crippen LogP) is 2.40. The highest BCUT2D eigenvalue weighted by atomic mass is 16.6. The second-order valence-corrected chi connectivity index (χ2v) is 5.45. The number of benzene rings is 2. The molecule has 0 fully saturated rings. The van der Waals surface area contributed by atoms with Crippen molar-refractivity contribution in [2.24, 2.45) is 0 Å². The van der Waals surface area contributed by atoms with E-state index in [1.165, 1.54) is 0 Å². The average Bonchev–Trinajstić information content (AvgIpc) is 2.65. The van der Waals surface area contributed by atoms with E-state index in [-0.39, 0.29) is 13.2 Å². The molecule has 0 aromatic heterocycles. The highest BCUT2D eigenvalue weighted by molar-refractivity contribution is 5.94. The van der Waals surface area contributed by atoms with Gasteiger partial charge in [0.25, 0.3) is 0 Å². The van der Waals surface area contributed by atoms with Gasteiger partial charge in [0.15, 0.2) is 0 Å². The van der Waals surface area contributed by atoms with Gasteiger partial charge in [-0.2, -0.15) is 0 Å². The molecule has 0 radical (unpaired) electrons. The van der Waals surface area contributed by atoms with Crippen molar-refractivity contribution in [1.29, 1.82) is 0 Å². The van der Waals surface area contributed by atoms with Crippen LogP contribution in [0.4, 0.5) is 0 Å². The SMILES string of the molecule is COc1ccc(OCCOC(=O)C2Cc3ccccc3C(=O)O2)cc1. The number of methoxy groups -OCH3 is 1. The zero-order valence-electron chi connectivity index (χ0n) is 13.8. The van der Waals surface area contributed by atoms with Crippen LogP contribution in [0.3, 0.4) is 0 Å². The van der Waals surface area contributed by atoms with Crippen LogP contribution in [-0.4, -0.2) is 38.4 Å². The third kappa shape index (κ3) is 4.09. The summed E-state index contributed by atoms with van der Waals surface area (Å²) in [6.07, 6.45) is -0.594. The van der Waals surface area contributed by atoms with Crippen LogP contribution >= 0.6 is 0 Å². The Kier molecular flexibility index (Phi) is 5.18. The molecule has 0 bridgehead atoms. The molecule has 1 unspecified atom stereocenters. The first kappa shape index (κ1) is 16.8. The Morgan fingerprint density at radius 1 is 1.08 bits per heavy atom. The van der Waals surface area contributed by atoms with Gasteiger partial charge in [-0.25, -0.2) is 9.59 Å². The minimum absolute atomic E-state index is 0.0700. The second-order valence-electron chi connectivity index (χ2n) is 5.45. The highest BCUT2D eigenvalue weighted by Gasteiger charge is 2.32. The van der Waals surface area contributed by atoms with Crippen molar-refractivity contribution in [1.82, 2.24) is 0 Å². The quantitative estimate of drug-likeness (QED) is 0.593. The summed E-state index contributed by atoms with van der Waals surface area (Å²) in [5, 5.41) is 0. The monoisotopic (exact) mass is 342 g/mol. The van der Waals surface area contributed by atoms with E-state index in [2.05, 4.69) is 0 Å². The third-order valence-corrected chi connectivity index (χ3v) is 3.81. The van der Waals surface area contributed by atoms with Crippen LogP contribution < -0.4 is 9.47 Å². The number of hydrogen-bond acceptors (Lipinski definition) is 6. The Hall–Kier alpha value is -3.02. The van der Waals surface area contributed by atoms with Crippen molar-refractivity contribution < 1.29 is 28.5 Å². The molecule has 25 heavy (non-hydrogen) atoms. The Labute approximate surface area is 145 Å². The van der Waals surface area contributed by atoms with Crippen molar-refractivity contribution in [3.05, 3.63) is 59.7 Å². The van der Waals surface area contributed by atoms with E-state index >= 15 is 0 Å². The maximum absolute atomic E-state index is 12.1. The van der Waals surface area contributed by atoms with Gasteiger partial charge < -0.3 is 18.9 Å². The van der Waals surface area contributed by atoms with Crippen molar-refractivity contribution in [3.63, 3.8) is 0 Å². The summed E-state index contributed by atoms with van der Waals surface area (Å²) >= 11 is 0. The van der Waals surface area contributed by atoms with Gasteiger partial charge in [-0.1, -0.05) is 18.2 Å². The third-order valence-electron chi connectivity index (χ3n) is 3.81. The van der Waals surface area contributed by atoms with Gasteiger partial charge in [-0.05, 0) is 35.9 Å². The smallest absolute Gasteiger partial charge is 0.347 e. The topological polar surface area (TPSA) is 71.1 Å². The van der Waals surface area contributed by atoms with Gasteiger partial charge in [0.05, 0.1) is 12.7 Å². The van der Waals surface area contributed by atoms with Gasteiger partial charge >= 0.3 is 11.9 Å². The fourth-order valence-electron chi connectivity index (χ4n) is 2.53. The lowest BCUT2D eigenvalue weighted by molar-refractivity contribution is -0.155. The summed E-state index contributed by atoms with van der Waals surface area (Å²) < 4.78 is 20.8. The van der Waals surface area contributed by atoms with Gasteiger partial charge in [0.1, 0.15) is 24.7 Å². The molecule has 6 nitrogen and oxygen atoms in total. The molecule has 2 aromatic rings. The minimum Gasteiger partial charge on any atom is -0.497 e. The number of carbonyl (C=O) groups is 2. The predicted molar refractivity (Wildman–Crippen MR) is 88.8 cm³/mol. The van der Waals surface area contributed by atoms with E-state index in [0.717, 1.165) is 11.3 Å². The first-order chi connectivity index (χ1) is 12.2. The molecule has 0 saturated carbocycles. The van der Waals surface area contributed by atoms with Gasteiger partial charge in [-0.15, -0.1) is 0 Å². The Morgan fingerprint density at radius 2 is 1.80 bits per heavy atom. The number of cyclic esters (lactones) is 1. The molecule has 1 aliphatic rings. The fourth-order valence-corrected chi connectivity index (χ4v) is 2.53. The van der Waals surface area contributed by atoms with Crippen LogP contribution in [0.25, 0.3) is 0 Å². The molecule has 130 valence electrons.